The van der Waals surface area contributed by atoms with Gasteiger partial charge >= 0.3 is 0 Å². The summed E-state index contributed by atoms with van der Waals surface area (Å²) in [6.45, 7) is 2.54. The number of hydrogen-bond donors (Lipinski definition) is 1. The minimum absolute atomic E-state index is 0.0853. The molecule has 86 valence electrons. The monoisotopic (exact) mass is 218 g/mol. The van der Waals surface area contributed by atoms with E-state index in [2.05, 4.69) is 4.98 Å². The van der Waals surface area contributed by atoms with Gasteiger partial charge in [-0.15, -0.1) is 0 Å². The van der Waals surface area contributed by atoms with Crippen LogP contribution in [0.3, 0.4) is 0 Å². The Labute approximate surface area is 96.1 Å². The lowest BCUT2D eigenvalue weighted by Gasteiger charge is -2.40. The Bertz CT molecular complexity index is 374. The molecular weight excluding hydrogens is 200 g/mol. The molecule has 1 aliphatic carbocycles. The SMILES string of the molecule is Cc1ccc(C(=O)CC2(CN)CCC2)cn1. The molecule has 0 saturated heterocycles. The zero-order chi connectivity index (χ0) is 11.6. The fourth-order valence-corrected chi connectivity index (χ4v) is 2.21. The van der Waals surface area contributed by atoms with Crippen LogP contribution in [0.4, 0.5) is 0 Å². The first-order valence-corrected chi connectivity index (χ1v) is 5.81. The van der Waals surface area contributed by atoms with Gasteiger partial charge in [0.1, 0.15) is 0 Å². The molecule has 3 heteroatoms. The third-order valence-corrected chi connectivity index (χ3v) is 3.62. The summed E-state index contributed by atoms with van der Waals surface area (Å²) in [5, 5.41) is 0. The molecule has 1 heterocycles. The van der Waals surface area contributed by atoms with Gasteiger partial charge in [-0.3, -0.25) is 9.78 Å². The van der Waals surface area contributed by atoms with Crippen molar-refractivity contribution in [3.8, 4) is 0 Å². The predicted molar refractivity (Wildman–Crippen MR) is 63.3 cm³/mol. The van der Waals surface area contributed by atoms with Gasteiger partial charge in [-0.1, -0.05) is 6.42 Å². The topological polar surface area (TPSA) is 56.0 Å². The summed E-state index contributed by atoms with van der Waals surface area (Å²) in [5.74, 6) is 0.178. The van der Waals surface area contributed by atoms with E-state index in [1.807, 2.05) is 19.1 Å². The summed E-state index contributed by atoms with van der Waals surface area (Å²) >= 11 is 0. The zero-order valence-corrected chi connectivity index (χ0v) is 9.70. The third kappa shape index (κ3) is 2.14. The van der Waals surface area contributed by atoms with E-state index < -0.39 is 0 Å². The van der Waals surface area contributed by atoms with E-state index in [4.69, 9.17) is 5.73 Å². The van der Waals surface area contributed by atoms with Crippen molar-refractivity contribution in [2.45, 2.75) is 32.6 Å². The highest BCUT2D eigenvalue weighted by molar-refractivity contribution is 5.96. The van der Waals surface area contributed by atoms with E-state index in [1.54, 1.807) is 6.20 Å². The standard InChI is InChI=1S/C13H18N2O/c1-10-3-4-11(8-15-10)12(16)7-13(9-14)5-2-6-13/h3-4,8H,2,5-7,9,14H2,1H3. The van der Waals surface area contributed by atoms with Crippen molar-refractivity contribution in [1.82, 2.24) is 4.98 Å². The Morgan fingerprint density at radius 3 is 2.69 bits per heavy atom. The molecule has 1 saturated carbocycles. The van der Waals surface area contributed by atoms with Gasteiger partial charge in [-0.25, -0.2) is 0 Å². The molecule has 0 amide bonds. The molecule has 1 aromatic heterocycles. The second-order valence-electron chi connectivity index (χ2n) is 4.85. The molecule has 0 bridgehead atoms. The number of rotatable bonds is 4. The van der Waals surface area contributed by atoms with E-state index in [0.29, 0.717) is 18.5 Å². The van der Waals surface area contributed by atoms with Gasteiger partial charge in [-0.05, 0) is 43.9 Å². The molecule has 0 aromatic carbocycles. The molecule has 1 aliphatic rings. The summed E-state index contributed by atoms with van der Waals surface area (Å²) in [4.78, 5) is 16.2. The van der Waals surface area contributed by atoms with Crippen LogP contribution in [0, 0.1) is 12.3 Å². The fraction of sp³-hybridized carbons (Fsp3) is 0.538. The minimum atomic E-state index is 0.0853. The van der Waals surface area contributed by atoms with Crippen LogP contribution >= 0.6 is 0 Å². The zero-order valence-electron chi connectivity index (χ0n) is 9.70. The molecule has 0 radical (unpaired) electrons. The molecule has 1 aromatic rings. The molecule has 0 spiro atoms. The van der Waals surface area contributed by atoms with Crippen LogP contribution in [0.2, 0.25) is 0 Å². The van der Waals surface area contributed by atoms with Crippen molar-refractivity contribution in [1.29, 1.82) is 0 Å². The normalized spacial score (nSPS) is 17.9. The van der Waals surface area contributed by atoms with Gasteiger partial charge in [0, 0.05) is 23.9 Å². The van der Waals surface area contributed by atoms with E-state index in [1.165, 1.54) is 6.42 Å². The van der Waals surface area contributed by atoms with Gasteiger partial charge in [0.25, 0.3) is 0 Å². The first kappa shape index (κ1) is 11.3. The Morgan fingerprint density at radius 2 is 2.25 bits per heavy atom. The molecule has 1 fully saturated rings. The van der Waals surface area contributed by atoms with Crippen LogP contribution in [0.25, 0.3) is 0 Å². The van der Waals surface area contributed by atoms with Crippen molar-refractivity contribution in [2.75, 3.05) is 6.54 Å². The maximum absolute atomic E-state index is 12.0. The van der Waals surface area contributed by atoms with Crippen molar-refractivity contribution in [3.05, 3.63) is 29.6 Å². The summed E-state index contributed by atoms with van der Waals surface area (Å²) in [5.41, 5.74) is 7.49. The van der Waals surface area contributed by atoms with Gasteiger partial charge < -0.3 is 5.73 Å². The lowest BCUT2D eigenvalue weighted by atomic mass is 9.65. The molecular formula is C13H18N2O. The summed E-state index contributed by atoms with van der Waals surface area (Å²) in [7, 11) is 0. The maximum atomic E-state index is 12.0. The number of ketones is 1. The smallest absolute Gasteiger partial charge is 0.165 e. The second-order valence-corrected chi connectivity index (χ2v) is 4.85. The number of pyridine rings is 1. The third-order valence-electron chi connectivity index (χ3n) is 3.62. The summed E-state index contributed by atoms with van der Waals surface area (Å²) < 4.78 is 0. The quantitative estimate of drug-likeness (QED) is 0.787. The van der Waals surface area contributed by atoms with Crippen LogP contribution < -0.4 is 5.73 Å². The van der Waals surface area contributed by atoms with Gasteiger partial charge in [0.15, 0.2) is 5.78 Å². The van der Waals surface area contributed by atoms with Crippen molar-refractivity contribution >= 4 is 5.78 Å². The average Bonchev–Trinajstić information content (AvgIpc) is 2.24. The Hall–Kier alpha value is -1.22. The number of carbonyl (C=O) groups is 1. The first-order chi connectivity index (χ1) is 7.65. The second kappa shape index (κ2) is 4.34. The highest BCUT2D eigenvalue weighted by atomic mass is 16.1. The molecule has 2 N–H and O–H groups in total. The molecule has 3 nitrogen and oxygen atoms in total. The van der Waals surface area contributed by atoms with Crippen molar-refractivity contribution in [2.24, 2.45) is 11.1 Å². The van der Waals surface area contributed by atoms with Crippen molar-refractivity contribution in [3.63, 3.8) is 0 Å². The number of aromatic nitrogens is 1. The highest BCUT2D eigenvalue weighted by Crippen LogP contribution is 2.43. The number of Topliss-reactive ketones (excluding diaryl/α,β-unsaturated/α-hetero) is 1. The van der Waals surface area contributed by atoms with Gasteiger partial charge in [-0.2, -0.15) is 0 Å². The van der Waals surface area contributed by atoms with Crippen LogP contribution in [0.15, 0.2) is 18.3 Å². The van der Waals surface area contributed by atoms with Gasteiger partial charge in [0.05, 0.1) is 0 Å². The van der Waals surface area contributed by atoms with E-state index in [0.717, 1.165) is 18.5 Å². The van der Waals surface area contributed by atoms with E-state index in [-0.39, 0.29) is 11.2 Å². The van der Waals surface area contributed by atoms with Crippen LogP contribution in [0.5, 0.6) is 0 Å². The van der Waals surface area contributed by atoms with Crippen molar-refractivity contribution < 1.29 is 4.79 Å². The molecule has 0 unspecified atom stereocenters. The molecule has 0 aliphatic heterocycles. The highest BCUT2D eigenvalue weighted by Gasteiger charge is 2.37. The molecule has 0 atom stereocenters. The van der Waals surface area contributed by atoms with E-state index in [9.17, 15) is 4.79 Å². The lowest BCUT2D eigenvalue weighted by Crippen LogP contribution is -2.39. The molecule has 2 rings (SSSR count). The number of nitrogens with zero attached hydrogens (tertiary/aromatic N) is 1. The minimum Gasteiger partial charge on any atom is -0.330 e. The fourth-order valence-electron chi connectivity index (χ4n) is 2.21. The Balaban J connectivity index is 2.05. The number of aryl methyl sites for hydroxylation is 1. The van der Waals surface area contributed by atoms with Crippen LogP contribution in [0.1, 0.15) is 41.7 Å². The first-order valence-electron chi connectivity index (χ1n) is 5.81. The van der Waals surface area contributed by atoms with E-state index >= 15 is 0 Å². The molecule has 16 heavy (non-hydrogen) atoms. The Kier molecular flexibility index (Phi) is 3.06. The largest absolute Gasteiger partial charge is 0.330 e. The average molecular weight is 218 g/mol. The number of nitrogens with two attached hydrogens (primary N) is 1. The van der Waals surface area contributed by atoms with Crippen LogP contribution in [-0.4, -0.2) is 17.3 Å². The number of hydrogen-bond acceptors (Lipinski definition) is 3. The summed E-state index contributed by atoms with van der Waals surface area (Å²) in [6.07, 6.45) is 5.63. The lowest BCUT2D eigenvalue weighted by molar-refractivity contribution is 0.0785. The maximum Gasteiger partial charge on any atom is 0.165 e. The Morgan fingerprint density at radius 1 is 1.50 bits per heavy atom. The van der Waals surface area contributed by atoms with Crippen LogP contribution in [-0.2, 0) is 0 Å². The summed E-state index contributed by atoms with van der Waals surface area (Å²) in [6, 6.07) is 3.73. The number of carbonyl (C=O) groups excluding carboxylic acids is 1. The van der Waals surface area contributed by atoms with Gasteiger partial charge in [0.2, 0.25) is 0 Å². The predicted octanol–water partition coefficient (Wildman–Crippen LogP) is 2.09.